The lowest BCUT2D eigenvalue weighted by molar-refractivity contribution is -0.549. The fourth-order valence-electron chi connectivity index (χ4n) is 2.25. The Morgan fingerprint density at radius 2 is 1.63 bits per heavy atom. The number of rotatable bonds is 11. The Kier molecular flexibility index (Phi) is 9.67. The van der Waals surface area contributed by atoms with Crippen LogP contribution in [0.1, 0.15) is 70.6 Å². The van der Waals surface area contributed by atoms with Crippen molar-refractivity contribution < 1.29 is 24.7 Å². The second-order valence-electron chi connectivity index (χ2n) is 5.16. The SMILES string of the molecule is O=C(O)CCCCCCCCCCC1CCOOO1. The monoisotopic (exact) mass is 274 g/mol. The van der Waals surface area contributed by atoms with E-state index >= 15 is 0 Å². The first-order chi connectivity index (χ1) is 9.29. The minimum atomic E-state index is -0.681. The zero-order valence-corrected chi connectivity index (χ0v) is 11.6. The van der Waals surface area contributed by atoms with Gasteiger partial charge in [-0.05, 0) is 12.8 Å². The maximum atomic E-state index is 10.3. The summed E-state index contributed by atoms with van der Waals surface area (Å²) >= 11 is 0. The van der Waals surface area contributed by atoms with E-state index in [2.05, 4.69) is 9.93 Å². The summed E-state index contributed by atoms with van der Waals surface area (Å²) in [6.07, 6.45) is 11.6. The van der Waals surface area contributed by atoms with Gasteiger partial charge in [0.25, 0.3) is 0 Å². The van der Waals surface area contributed by atoms with Gasteiger partial charge in [0.05, 0.1) is 12.7 Å². The third kappa shape index (κ3) is 9.87. The van der Waals surface area contributed by atoms with Gasteiger partial charge in [-0.1, -0.05) is 50.0 Å². The molecule has 0 aromatic carbocycles. The lowest BCUT2D eigenvalue weighted by Gasteiger charge is -2.19. The van der Waals surface area contributed by atoms with E-state index in [-0.39, 0.29) is 6.10 Å². The molecule has 19 heavy (non-hydrogen) atoms. The minimum Gasteiger partial charge on any atom is -0.481 e. The number of aliphatic carboxylic acids is 1. The van der Waals surface area contributed by atoms with Gasteiger partial charge in [-0.15, -0.1) is 0 Å². The normalized spacial score (nSPS) is 19.5. The van der Waals surface area contributed by atoms with Crippen LogP contribution in [0.2, 0.25) is 0 Å². The van der Waals surface area contributed by atoms with Crippen molar-refractivity contribution in [2.24, 2.45) is 0 Å². The van der Waals surface area contributed by atoms with E-state index < -0.39 is 5.97 Å². The minimum absolute atomic E-state index is 0.199. The molecule has 0 aromatic heterocycles. The Labute approximate surface area is 115 Å². The van der Waals surface area contributed by atoms with Gasteiger partial charge in [0.15, 0.2) is 0 Å². The molecule has 5 heteroatoms. The van der Waals surface area contributed by atoms with Gasteiger partial charge < -0.3 is 5.11 Å². The van der Waals surface area contributed by atoms with Crippen molar-refractivity contribution in [2.75, 3.05) is 6.61 Å². The highest BCUT2D eigenvalue weighted by atomic mass is 17.5. The largest absolute Gasteiger partial charge is 0.481 e. The molecular formula is C14H26O5. The Bertz CT molecular complexity index is 226. The van der Waals surface area contributed by atoms with E-state index in [4.69, 9.17) is 9.99 Å². The Morgan fingerprint density at radius 1 is 1.00 bits per heavy atom. The average Bonchev–Trinajstić information content (AvgIpc) is 2.42. The fraction of sp³-hybridized carbons (Fsp3) is 0.929. The van der Waals surface area contributed by atoms with E-state index in [0.29, 0.717) is 13.0 Å². The molecule has 0 bridgehead atoms. The summed E-state index contributed by atoms with van der Waals surface area (Å²) in [5.74, 6) is -0.681. The Morgan fingerprint density at radius 3 is 2.21 bits per heavy atom. The highest BCUT2D eigenvalue weighted by Gasteiger charge is 2.15. The van der Waals surface area contributed by atoms with Crippen LogP contribution in [0.15, 0.2) is 0 Å². The first kappa shape index (κ1) is 16.4. The maximum absolute atomic E-state index is 10.3. The number of unbranched alkanes of at least 4 members (excludes halogenated alkanes) is 7. The molecule has 0 spiro atoms. The van der Waals surface area contributed by atoms with Gasteiger partial charge in [0, 0.05) is 12.8 Å². The molecule has 1 rings (SSSR count). The van der Waals surface area contributed by atoms with E-state index in [9.17, 15) is 4.79 Å². The average molecular weight is 274 g/mol. The summed E-state index contributed by atoms with van der Waals surface area (Å²) in [7, 11) is 0. The summed E-state index contributed by atoms with van der Waals surface area (Å²) in [6, 6.07) is 0. The molecule has 1 aliphatic heterocycles. The standard InChI is InChI=1S/C14H26O5/c15-14(16)10-8-6-4-2-1-3-5-7-9-13-11-12-17-19-18-13/h13H,1-12H2,(H,15,16). The van der Waals surface area contributed by atoms with Crippen molar-refractivity contribution in [3.63, 3.8) is 0 Å². The van der Waals surface area contributed by atoms with Crippen LogP contribution < -0.4 is 0 Å². The molecule has 1 heterocycles. The molecule has 1 unspecified atom stereocenters. The van der Waals surface area contributed by atoms with Gasteiger partial charge in [-0.2, -0.15) is 0 Å². The second kappa shape index (κ2) is 11.2. The molecule has 5 nitrogen and oxygen atoms in total. The van der Waals surface area contributed by atoms with Crippen LogP contribution in [0.25, 0.3) is 0 Å². The molecule has 0 aromatic rings. The molecule has 0 aliphatic carbocycles. The molecule has 0 radical (unpaired) electrons. The van der Waals surface area contributed by atoms with Crippen LogP contribution in [0.4, 0.5) is 0 Å². The van der Waals surface area contributed by atoms with Gasteiger partial charge in [-0.25, -0.2) is 9.78 Å². The number of carbonyl (C=O) groups is 1. The Balaban J connectivity index is 1.74. The molecule has 1 atom stereocenters. The predicted molar refractivity (Wildman–Crippen MR) is 70.3 cm³/mol. The van der Waals surface area contributed by atoms with E-state index in [1.165, 1.54) is 32.1 Å². The lowest BCUT2D eigenvalue weighted by Crippen LogP contribution is -2.21. The van der Waals surface area contributed by atoms with Gasteiger partial charge >= 0.3 is 5.97 Å². The van der Waals surface area contributed by atoms with Crippen molar-refractivity contribution in [3.8, 4) is 0 Å². The molecule has 0 amide bonds. The first-order valence-corrected chi connectivity index (χ1v) is 7.46. The molecular weight excluding hydrogens is 248 g/mol. The highest BCUT2D eigenvalue weighted by molar-refractivity contribution is 5.66. The highest BCUT2D eigenvalue weighted by Crippen LogP contribution is 2.16. The van der Waals surface area contributed by atoms with Crippen molar-refractivity contribution in [3.05, 3.63) is 0 Å². The first-order valence-electron chi connectivity index (χ1n) is 7.46. The summed E-state index contributed by atoms with van der Waals surface area (Å²) in [5, 5.41) is 13.0. The molecule has 0 saturated carbocycles. The van der Waals surface area contributed by atoms with Gasteiger partial charge in [-0.3, -0.25) is 4.79 Å². The Hall–Kier alpha value is -0.650. The predicted octanol–water partition coefficient (Wildman–Crippen LogP) is 3.62. The lowest BCUT2D eigenvalue weighted by atomic mass is 10.0. The number of carboxylic acid groups (broad SMARTS) is 1. The van der Waals surface area contributed by atoms with Crippen LogP contribution in [0.5, 0.6) is 0 Å². The quantitative estimate of drug-likeness (QED) is 0.460. The summed E-state index contributed by atoms with van der Waals surface area (Å²) < 4.78 is 0. The third-order valence-electron chi connectivity index (χ3n) is 3.41. The van der Waals surface area contributed by atoms with E-state index in [1.807, 2.05) is 0 Å². The van der Waals surface area contributed by atoms with Crippen molar-refractivity contribution in [1.82, 2.24) is 0 Å². The van der Waals surface area contributed by atoms with Gasteiger partial charge in [0.1, 0.15) is 0 Å². The van der Waals surface area contributed by atoms with Crippen LogP contribution in [-0.2, 0) is 19.6 Å². The second-order valence-corrected chi connectivity index (χ2v) is 5.16. The zero-order chi connectivity index (χ0) is 13.8. The van der Waals surface area contributed by atoms with Gasteiger partial charge in [0.2, 0.25) is 0 Å². The zero-order valence-electron chi connectivity index (χ0n) is 11.6. The summed E-state index contributed by atoms with van der Waals surface area (Å²) in [6.45, 7) is 0.626. The van der Waals surface area contributed by atoms with E-state index in [0.717, 1.165) is 32.1 Å². The maximum Gasteiger partial charge on any atom is 0.303 e. The number of hydrogen-bond acceptors (Lipinski definition) is 4. The molecule has 1 saturated heterocycles. The van der Waals surface area contributed by atoms with Crippen LogP contribution >= 0.6 is 0 Å². The topological polar surface area (TPSA) is 65.0 Å². The van der Waals surface area contributed by atoms with E-state index in [1.54, 1.807) is 0 Å². The molecule has 1 aliphatic rings. The smallest absolute Gasteiger partial charge is 0.303 e. The van der Waals surface area contributed by atoms with Crippen molar-refractivity contribution in [2.45, 2.75) is 76.7 Å². The van der Waals surface area contributed by atoms with Crippen molar-refractivity contribution in [1.29, 1.82) is 0 Å². The van der Waals surface area contributed by atoms with Crippen LogP contribution in [-0.4, -0.2) is 23.8 Å². The summed E-state index contributed by atoms with van der Waals surface area (Å²) in [5.41, 5.74) is 0. The molecule has 1 fully saturated rings. The third-order valence-corrected chi connectivity index (χ3v) is 3.41. The fourth-order valence-corrected chi connectivity index (χ4v) is 2.25. The van der Waals surface area contributed by atoms with Crippen LogP contribution in [0, 0.1) is 0 Å². The number of hydrogen-bond donors (Lipinski definition) is 1. The number of carboxylic acids is 1. The summed E-state index contributed by atoms with van der Waals surface area (Å²) in [4.78, 5) is 20.0. The van der Waals surface area contributed by atoms with Crippen LogP contribution in [0.3, 0.4) is 0 Å². The van der Waals surface area contributed by atoms with Crippen molar-refractivity contribution >= 4 is 5.97 Å². The molecule has 1 N–H and O–H groups in total. The molecule has 112 valence electrons.